The first kappa shape index (κ1) is 20.3. The number of rotatable bonds is 5. The van der Waals surface area contributed by atoms with Crippen molar-refractivity contribution < 1.29 is 9.21 Å². The molecule has 2 aromatic heterocycles. The number of para-hydroxylation sites is 1. The molecule has 1 amide bonds. The van der Waals surface area contributed by atoms with Crippen LogP contribution in [0.3, 0.4) is 0 Å². The van der Waals surface area contributed by atoms with E-state index >= 15 is 0 Å². The van der Waals surface area contributed by atoms with Crippen molar-refractivity contribution in [3.63, 3.8) is 0 Å². The number of aryl methyl sites for hydroxylation is 4. The van der Waals surface area contributed by atoms with Crippen LogP contribution in [-0.2, 0) is 0 Å². The Morgan fingerprint density at radius 3 is 2.52 bits per heavy atom. The van der Waals surface area contributed by atoms with Gasteiger partial charge in [0.05, 0.1) is 17.5 Å². The maximum absolute atomic E-state index is 12.4. The molecular formula is C25H24N4O2. The first-order chi connectivity index (χ1) is 14.9. The minimum absolute atomic E-state index is 0.311. The number of nitrogens with one attached hydrogen (secondary N) is 1. The van der Waals surface area contributed by atoms with Gasteiger partial charge >= 0.3 is 0 Å². The van der Waals surface area contributed by atoms with Gasteiger partial charge in [0.1, 0.15) is 17.2 Å². The monoisotopic (exact) mass is 412 g/mol. The van der Waals surface area contributed by atoms with Crippen molar-refractivity contribution in [3.05, 3.63) is 94.6 Å². The van der Waals surface area contributed by atoms with Gasteiger partial charge < -0.3 is 4.42 Å². The summed E-state index contributed by atoms with van der Waals surface area (Å²) in [6.45, 7) is 7.70. The number of nitrogens with zero attached hydrogens (tertiary/aromatic N) is 3. The minimum atomic E-state index is -0.311. The zero-order valence-corrected chi connectivity index (χ0v) is 18.0. The second-order valence-corrected chi connectivity index (χ2v) is 7.56. The Labute approximate surface area is 181 Å². The highest BCUT2D eigenvalue weighted by atomic mass is 16.3. The summed E-state index contributed by atoms with van der Waals surface area (Å²) in [7, 11) is 0. The highest BCUT2D eigenvalue weighted by Gasteiger charge is 2.15. The third-order valence-corrected chi connectivity index (χ3v) is 5.06. The minimum Gasteiger partial charge on any atom is -0.466 e. The number of hydrazone groups is 1. The summed E-state index contributed by atoms with van der Waals surface area (Å²) in [5, 5.41) is 9.00. The molecule has 31 heavy (non-hydrogen) atoms. The topological polar surface area (TPSA) is 72.4 Å². The van der Waals surface area contributed by atoms with Crippen LogP contribution in [0.15, 0.2) is 70.3 Å². The van der Waals surface area contributed by atoms with Crippen LogP contribution in [-0.4, -0.2) is 21.9 Å². The summed E-state index contributed by atoms with van der Waals surface area (Å²) in [5.41, 5.74) is 8.95. The van der Waals surface area contributed by atoms with E-state index in [9.17, 15) is 4.79 Å². The lowest BCUT2D eigenvalue weighted by Crippen LogP contribution is -2.17. The number of carbonyl (C=O) groups is 1. The molecule has 0 fully saturated rings. The molecular weight excluding hydrogens is 388 g/mol. The second kappa shape index (κ2) is 8.44. The average Bonchev–Trinajstić information content (AvgIpc) is 3.31. The van der Waals surface area contributed by atoms with Gasteiger partial charge in [-0.1, -0.05) is 42.0 Å². The summed E-state index contributed by atoms with van der Waals surface area (Å²) in [6, 6.07) is 17.9. The van der Waals surface area contributed by atoms with Gasteiger partial charge in [0.2, 0.25) is 0 Å². The SMILES string of the molecule is Cc1ccc(-c2nn(-c3ccccc3)cc2/C=N\NC(=O)c2cc(C)oc2C)c(C)c1. The van der Waals surface area contributed by atoms with Gasteiger partial charge in [-0.05, 0) is 51.5 Å². The van der Waals surface area contributed by atoms with Crippen LogP contribution in [0.25, 0.3) is 16.9 Å². The van der Waals surface area contributed by atoms with Crippen LogP contribution in [0.5, 0.6) is 0 Å². The van der Waals surface area contributed by atoms with Gasteiger partial charge in [0, 0.05) is 17.3 Å². The van der Waals surface area contributed by atoms with E-state index in [1.54, 1.807) is 26.1 Å². The van der Waals surface area contributed by atoms with Crippen LogP contribution in [0, 0.1) is 27.7 Å². The van der Waals surface area contributed by atoms with Crippen molar-refractivity contribution in [1.29, 1.82) is 0 Å². The molecule has 0 unspecified atom stereocenters. The van der Waals surface area contributed by atoms with Gasteiger partial charge in [-0.15, -0.1) is 0 Å². The lowest BCUT2D eigenvalue weighted by Gasteiger charge is -2.05. The molecule has 2 heterocycles. The van der Waals surface area contributed by atoms with Gasteiger partial charge in [-0.3, -0.25) is 4.79 Å². The lowest BCUT2D eigenvalue weighted by atomic mass is 10.0. The molecule has 0 saturated carbocycles. The number of hydrogen-bond donors (Lipinski definition) is 1. The standard InChI is InChI=1S/C25H24N4O2/c1-16-10-11-22(17(2)12-16)24-20(15-29(28-24)21-8-6-5-7-9-21)14-26-27-25(30)23-13-18(3)31-19(23)4/h5-15H,1-4H3,(H,27,30)/b26-14-. The van der Waals surface area contributed by atoms with E-state index in [1.807, 2.05) is 41.2 Å². The molecule has 0 aliphatic rings. The molecule has 4 rings (SSSR count). The number of carbonyl (C=O) groups excluding carboxylic acids is 1. The summed E-state index contributed by atoms with van der Waals surface area (Å²) < 4.78 is 7.25. The van der Waals surface area contributed by atoms with E-state index in [2.05, 4.69) is 42.6 Å². The number of aromatic nitrogens is 2. The van der Waals surface area contributed by atoms with Crippen LogP contribution in [0.4, 0.5) is 0 Å². The lowest BCUT2D eigenvalue weighted by molar-refractivity contribution is 0.0953. The Balaban J connectivity index is 1.68. The van der Waals surface area contributed by atoms with Gasteiger partial charge in [0.15, 0.2) is 0 Å². The molecule has 0 bridgehead atoms. The van der Waals surface area contributed by atoms with E-state index < -0.39 is 0 Å². The number of hydrogen-bond acceptors (Lipinski definition) is 4. The fraction of sp³-hybridized carbons (Fsp3) is 0.160. The van der Waals surface area contributed by atoms with E-state index in [0.29, 0.717) is 17.1 Å². The summed E-state index contributed by atoms with van der Waals surface area (Å²) >= 11 is 0. The fourth-order valence-corrected chi connectivity index (χ4v) is 3.56. The first-order valence-corrected chi connectivity index (χ1v) is 10.1. The molecule has 0 aliphatic carbocycles. The summed E-state index contributed by atoms with van der Waals surface area (Å²) in [5.74, 6) is 0.945. The molecule has 156 valence electrons. The van der Waals surface area contributed by atoms with Crippen molar-refractivity contribution in [2.45, 2.75) is 27.7 Å². The van der Waals surface area contributed by atoms with Gasteiger partial charge in [-0.25, -0.2) is 10.1 Å². The predicted octanol–water partition coefficient (Wildman–Crippen LogP) is 5.13. The van der Waals surface area contributed by atoms with Crippen molar-refractivity contribution in [2.75, 3.05) is 0 Å². The molecule has 0 atom stereocenters. The molecule has 0 spiro atoms. The van der Waals surface area contributed by atoms with Crippen molar-refractivity contribution in [1.82, 2.24) is 15.2 Å². The largest absolute Gasteiger partial charge is 0.466 e. The molecule has 6 heteroatoms. The maximum atomic E-state index is 12.4. The highest BCUT2D eigenvalue weighted by molar-refractivity contribution is 5.96. The first-order valence-electron chi connectivity index (χ1n) is 10.1. The average molecular weight is 412 g/mol. The molecule has 0 saturated heterocycles. The second-order valence-electron chi connectivity index (χ2n) is 7.56. The van der Waals surface area contributed by atoms with Crippen molar-refractivity contribution >= 4 is 12.1 Å². The Morgan fingerprint density at radius 1 is 1.06 bits per heavy atom. The summed E-state index contributed by atoms with van der Waals surface area (Å²) in [4.78, 5) is 12.4. The van der Waals surface area contributed by atoms with E-state index in [-0.39, 0.29) is 5.91 Å². The Bertz CT molecular complexity index is 1270. The Kier molecular flexibility index (Phi) is 5.54. The summed E-state index contributed by atoms with van der Waals surface area (Å²) in [6.07, 6.45) is 3.54. The third kappa shape index (κ3) is 4.33. The molecule has 2 aromatic carbocycles. The number of furan rings is 1. The molecule has 1 N–H and O–H groups in total. The van der Waals surface area contributed by atoms with Crippen LogP contribution >= 0.6 is 0 Å². The van der Waals surface area contributed by atoms with E-state index in [4.69, 9.17) is 9.52 Å². The maximum Gasteiger partial charge on any atom is 0.274 e. The van der Waals surface area contributed by atoms with Crippen molar-refractivity contribution in [3.8, 4) is 16.9 Å². The third-order valence-electron chi connectivity index (χ3n) is 5.06. The molecule has 0 radical (unpaired) electrons. The zero-order chi connectivity index (χ0) is 22.0. The normalized spacial score (nSPS) is 11.2. The number of amides is 1. The predicted molar refractivity (Wildman–Crippen MR) is 122 cm³/mol. The van der Waals surface area contributed by atoms with Crippen LogP contribution < -0.4 is 5.43 Å². The zero-order valence-electron chi connectivity index (χ0n) is 18.0. The van der Waals surface area contributed by atoms with Crippen LogP contribution in [0.1, 0.15) is 38.6 Å². The molecule has 4 aromatic rings. The van der Waals surface area contributed by atoms with Gasteiger partial charge in [-0.2, -0.15) is 10.2 Å². The van der Waals surface area contributed by atoms with Crippen molar-refractivity contribution in [2.24, 2.45) is 5.10 Å². The van der Waals surface area contributed by atoms with E-state index in [0.717, 1.165) is 28.1 Å². The fourth-order valence-electron chi connectivity index (χ4n) is 3.56. The Morgan fingerprint density at radius 2 is 1.84 bits per heavy atom. The molecule has 0 aliphatic heterocycles. The number of benzene rings is 2. The van der Waals surface area contributed by atoms with E-state index in [1.165, 1.54) is 5.56 Å². The van der Waals surface area contributed by atoms with Crippen LogP contribution in [0.2, 0.25) is 0 Å². The van der Waals surface area contributed by atoms with Gasteiger partial charge in [0.25, 0.3) is 5.91 Å². The smallest absolute Gasteiger partial charge is 0.274 e. The molecule has 6 nitrogen and oxygen atoms in total. The highest BCUT2D eigenvalue weighted by Crippen LogP contribution is 2.26. The quantitative estimate of drug-likeness (QED) is 0.365. The Hall–Kier alpha value is -3.93.